The predicted molar refractivity (Wildman–Crippen MR) is 122 cm³/mol. The van der Waals surface area contributed by atoms with Gasteiger partial charge in [0.25, 0.3) is 15.9 Å². The van der Waals surface area contributed by atoms with Gasteiger partial charge in [0.05, 0.1) is 10.6 Å². The number of carbonyl (C=O) groups excluding carboxylic acids is 1. The van der Waals surface area contributed by atoms with Crippen LogP contribution in [0.1, 0.15) is 28.4 Å². The standard InChI is InChI=1S/C22H20BrN3O3S/c1-15-6-3-4-9-21(15)22(27)24-19-8-5-7-17(14-19)16(2)25-26-30(28,29)20-12-10-18(23)11-13-20/h3-14,26H,1-2H3,(H,24,27). The van der Waals surface area contributed by atoms with Crippen molar-refractivity contribution >= 4 is 43.3 Å². The van der Waals surface area contributed by atoms with Crippen molar-refractivity contribution in [3.63, 3.8) is 0 Å². The van der Waals surface area contributed by atoms with E-state index in [1.54, 1.807) is 49.4 Å². The highest BCUT2D eigenvalue weighted by Crippen LogP contribution is 2.16. The third-order valence-corrected chi connectivity index (χ3v) is 6.14. The Morgan fingerprint density at radius 2 is 1.67 bits per heavy atom. The molecule has 2 N–H and O–H groups in total. The Morgan fingerprint density at radius 1 is 0.967 bits per heavy atom. The molecule has 0 aliphatic rings. The molecule has 0 saturated heterocycles. The molecule has 0 spiro atoms. The van der Waals surface area contributed by atoms with Gasteiger partial charge in [-0.15, -0.1) is 0 Å². The van der Waals surface area contributed by atoms with E-state index in [2.05, 4.69) is 31.2 Å². The second-order valence-corrected chi connectivity index (χ2v) is 9.17. The van der Waals surface area contributed by atoms with Gasteiger partial charge in [-0.25, -0.2) is 0 Å². The Bertz CT molecular complexity index is 1210. The lowest BCUT2D eigenvalue weighted by Crippen LogP contribution is -2.20. The fraction of sp³-hybridized carbons (Fsp3) is 0.0909. The van der Waals surface area contributed by atoms with Gasteiger partial charge in [0.1, 0.15) is 0 Å². The van der Waals surface area contributed by atoms with Crippen LogP contribution in [0.15, 0.2) is 87.3 Å². The maximum Gasteiger partial charge on any atom is 0.276 e. The number of carbonyl (C=O) groups is 1. The first kappa shape index (κ1) is 21.7. The molecule has 30 heavy (non-hydrogen) atoms. The zero-order chi connectivity index (χ0) is 21.7. The minimum Gasteiger partial charge on any atom is -0.322 e. The van der Waals surface area contributed by atoms with Crippen LogP contribution < -0.4 is 10.1 Å². The van der Waals surface area contributed by atoms with Crippen molar-refractivity contribution < 1.29 is 13.2 Å². The number of nitrogens with zero attached hydrogens (tertiary/aromatic N) is 1. The third kappa shape index (κ3) is 5.34. The number of hydrogen-bond acceptors (Lipinski definition) is 4. The summed E-state index contributed by atoms with van der Waals surface area (Å²) < 4.78 is 25.6. The highest BCUT2D eigenvalue weighted by Gasteiger charge is 2.13. The van der Waals surface area contributed by atoms with Crippen LogP contribution in [0.3, 0.4) is 0 Å². The van der Waals surface area contributed by atoms with Crippen LogP contribution in [0.25, 0.3) is 0 Å². The van der Waals surface area contributed by atoms with E-state index in [-0.39, 0.29) is 10.8 Å². The number of benzene rings is 3. The molecule has 3 rings (SSSR count). The number of rotatable bonds is 6. The average molecular weight is 486 g/mol. The van der Waals surface area contributed by atoms with Gasteiger partial charge in [0.2, 0.25) is 0 Å². The number of hydrazone groups is 1. The van der Waals surface area contributed by atoms with E-state index in [1.165, 1.54) is 12.1 Å². The Balaban J connectivity index is 1.75. The Labute approximate surface area is 184 Å². The van der Waals surface area contributed by atoms with Crippen LogP contribution in [-0.4, -0.2) is 20.0 Å². The van der Waals surface area contributed by atoms with Crippen molar-refractivity contribution in [2.75, 3.05) is 5.32 Å². The molecular weight excluding hydrogens is 466 g/mol. The Morgan fingerprint density at radius 3 is 2.37 bits per heavy atom. The van der Waals surface area contributed by atoms with Crippen LogP contribution in [0.4, 0.5) is 5.69 Å². The van der Waals surface area contributed by atoms with Crippen LogP contribution in [-0.2, 0) is 10.0 Å². The number of aryl methyl sites for hydroxylation is 1. The molecule has 0 saturated carbocycles. The molecule has 0 bridgehead atoms. The summed E-state index contributed by atoms with van der Waals surface area (Å²) in [6.07, 6.45) is 0. The quantitative estimate of drug-likeness (QED) is 0.391. The lowest BCUT2D eigenvalue weighted by Gasteiger charge is -2.10. The molecule has 6 nitrogen and oxygen atoms in total. The molecule has 3 aromatic carbocycles. The van der Waals surface area contributed by atoms with Gasteiger partial charge in [-0.2, -0.15) is 18.4 Å². The predicted octanol–water partition coefficient (Wildman–Crippen LogP) is 4.71. The van der Waals surface area contributed by atoms with Gasteiger partial charge in [-0.05, 0) is 67.4 Å². The largest absolute Gasteiger partial charge is 0.322 e. The van der Waals surface area contributed by atoms with Crippen LogP contribution >= 0.6 is 15.9 Å². The highest BCUT2D eigenvalue weighted by atomic mass is 79.9. The molecular formula is C22H20BrN3O3S. The SMILES string of the molecule is CC(=NNS(=O)(=O)c1ccc(Br)cc1)c1cccc(NC(=O)c2ccccc2C)c1. The Hall–Kier alpha value is -2.97. The molecule has 0 fully saturated rings. The second kappa shape index (κ2) is 9.23. The fourth-order valence-electron chi connectivity index (χ4n) is 2.71. The van der Waals surface area contributed by atoms with Gasteiger partial charge < -0.3 is 5.32 Å². The number of nitrogens with one attached hydrogen (secondary N) is 2. The summed E-state index contributed by atoms with van der Waals surface area (Å²) in [6, 6.07) is 20.6. The van der Waals surface area contributed by atoms with E-state index in [0.717, 1.165) is 10.0 Å². The van der Waals surface area contributed by atoms with Crippen molar-refractivity contribution in [2.24, 2.45) is 5.10 Å². The molecule has 8 heteroatoms. The summed E-state index contributed by atoms with van der Waals surface area (Å²) >= 11 is 3.27. The second-order valence-electron chi connectivity index (χ2n) is 6.60. The van der Waals surface area contributed by atoms with Crippen molar-refractivity contribution in [3.8, 4) is 0 Å². The van der Waals surface area contributed by atoms with Gasteiger partial charge in [-0.1, -0.05) is 46.3 Å². The molecule has 0 radical (unpaired) electrons. The van der Waals surface area contributed by atoms with Crippen molar-refractivity contribution in [2.45, 2.75) is 18.7 Å². The molecule has 0 aliphatic carbocycles. The molecule has 0 atom stereocenters. The molecule has 0 aliphatic heterocycles. The van der Waals surface area contributed by atoms with Crippen molar-refractivity contribution in [1.82, 2.24) is 4.83 Å². The topological polar surface area (TPSA) is 87.6 Å². The van der Waals surface area contributed by atoms with Gasteiger partial charge in [-0.3, -0.25) is 4.79 Å². The van der Waals surface area contributed by atoms with Gasteiger partial charge >= 0.3 is 0 Å². The summed E-state index contributed by atoms with van der Waals surface area (Å²) in [6.45, 7) is 3.56. The maximum absolute atomic E-state index is 12.5. The molecule has 0 unspecified atom stereocenters. The van der Waals surface area contributed by atoms with E-state index >= 15 is 0 Å². The summed E-state index contributed by atoms with van der Waals surface area (Å²) in [4.78, 5) is 14.9. The minimum atomic E-state index is -3.78. The normalized spacial score (nSPS) is 11.8. The number of hydrogen-bond donors (Lipinski definition) is 2. The van der Waals surface area contributed by atoms with Crippen LogP contribution in [0.5, 0.6) is 0 Å². The van der Waals surface area contributed by atoms with E-state index in [0.29, 0.717) is 22.5 Å². The van der Waals surface area contributed by atoms with E-state index in [1.807, 2.05) is 25.1 Å². The minimum absolute atomic E-state index is 0.112. The van der Waals surface area contributed by atoms with Crippen molar-refractivity contribution in [3.05, 3.63) is 94.0 Å². The smallest absolute Gasteiger partial charge is 0.276 e. The number of amides is 1. The Kier molecular flexibility index (Phi) is 6.69. The first-order valence-electron chi connectivity index (χ1n) is 9.05. The van der Waals surface area contributed by atoms with Gasteiger partial charge in [0.15, 0.2) is 0 Å². The van der Waals surface area contributed by atoms with Crippen LogP contribution in [0.2, 0.25) is 0 Å². The van der Waals surface area contributed by atoms with E-state index in [4.69, 9.17) is 0 Å². The number of halogens is 1. The van der Waals surface area contributed by atoms with Crippen molar-refractivity contribution in [1.29, 1.82) is 0 Å². The summed E-state index contributed by atoms with van der Waals surface area (Å²) in [7, 11) is -3.78. The number of sulfonamides is 1. The van der Waals surface area contributed by atoms with E-state index in [9.17, 15) is 13.2 Å². The first-order chi connectivity index (χ1) is 14.3. The number of anilines is 1. The van der Waals surface area contributed by atoms with Crippen LogP contribution in [0, 0.1) is 6.92 Å². The molecule has 154 valence electrons. The van der Waals surface area contributed by atoms with Gasteiger partial charge in [0, 0.05) is 15.7 Å². The monoisotopic (exact) mass is 485 g/mol. The fourth-order valence-corrected chi connectivity index (χ4v) is 3.83. The molecule has 1 amide bonds. The zero-order valence-electron chi connectivity index (χ0n) is 16.4. The molecule has 3 aromatic rings. The zero-order valence-corrected chi connectivity index (χ0v) is 18.8. The summed E-state index contributed by atoms with van der Waals surface area (Å²) in [5, 5.41) is 6.87. The maximum atomic E-state index is 12.5. The summed E-state index contributed by atoms with van der Waals surface area (Å²) in [5.74, 6) is -0.212. The lowest BCUT2D eigenvalue weighted by molar-refractivity contribution is 0.102. The highest BCUT2D eigenvalue weighted by molar-refractivity contribution is 9.10. The summed E-state index contributed by atoms with van der Waals surface area (Å²) in [5.41, 5.74) is 3.20. The lowest BCUT2D eigenvalue weighted by atomic mass is 10.1. The van der Waals surface area contributed by atoms with E-state index < -0.39 is 10.0 Å². The first-order valence-corrected chi connectivity index (χ1v) is 11.3. The molecule has 0 aromatic heterocycles. The molecule has 0 heterocycles. The average Bonchev–Trinajstić information content (AvgIpc) is 2.73. The third-order valence-electron chi connectivity index (χ3n) is 4.39.